The van der Waals surface area contributed by atoms with Crippen LogP contribution in [0.25, 0.3) is 5.69 Å². The molecule has 2 aromatic heterocycles. The number of amides is 1. The Morgan fingerprint density at radius 1 is 1.10 bits per heavy atom. The number of hydrogen-bond donors (Lipinski definition) is 2. The highest BCUT2D eigenvalue weighted by Gasteiger charge is 2.27. The number of carbonyl (C=O) groups excluding carboxylic acids is 2. The monoisotopic (exact) mass is 403 g/mol. The largest absolute Gasteiger partial charge is 0.368 e. The lowest BCUT2D eigenvalue weighted by Crippen LogP contribution is -2.33. The second kappa shape index (κ2) is 7.29. The number of rotatable bonds is 3. The van der Waals surface area contributed by atoms with Crippen molar-refractivity contribution in [3.8, 4) is 5.69 Å². The van der Waals surface area contributed by atoms with E-state index in [-0.39, 0.29) is 11.3 Å². The molecule has 152 valence electrons. The number of para-hydroxylation sites is 1. The van der Waals surface area contributed by atoms with Crippen molar-refractivity contribution in [2.75, 3.05) is 17.2 Å². The van der Waals surface area contributed by atoms with E-state index >= 15 is 0 Å². The third-order valence-corrected chi connectivity index (χ3v) is 5.61. The van der Waals surface area contributed by atoms with Crippen molar-refractivity contribution in [3.63, 3.8) is 0 Å². The first-order valence-electron chi connectivity index (χ1n) is 10.1. The van der Waals surface area contributed by atoms with Crippen molar-refractivity contribution in [2.24, 2.45) is 0 Å². The molecule has 1 aromatic carbocycles. The van der Waals surface area contributed by atoms with Crippen molar-refractivity contribution in [1.29, 1.82) is 0 Å². The number of carbonyl (C=O) groups is 2. The normalized spacial score (nSPS) is 15.1. The summed E-state index contributed by atoms with van der Waals surface area (Å²) in [5.41, 5.74) is 1.81. The molecule has 0 spiro atoms. The van der Waals surface area contributed by atoms with E-state index in [2.05, 4.69) is 15.7 Å². The Balaban J connectivity index is 1.61. The lowest BCUT2D eigenvalue weighted by atomic mass is 9.92. The molecule has 2 aliphatic rings. The number of anilines is 2. The molecule has 0 unspecified atom stereocenters. The average molecular weight is 403 g/mol. The molecule has 3 heterocycles. The van der Waals surface area contributed by atoms with Crippen LogP contribution in [-0.4, -0.2) is 32.6 Å². The second-order valence-corrected chi connectivity index (χ2v) is 7.54. The predicted octanol–water partition coefficient (Wildman–Crippen LogP) is 2.62. The average Bonchev–Trinajstić information content (AvgIpc) is 3.17. The summed E-state index contributed by atoms with van der Waals surface area (Å²) in [6.07, 6.45) is 4.26. The van der Waals surface area contributed by atoms with Crippen LogP contribution < -0.4 is 16.2 Å². The van der Waals surface area contributed by atoms with E-state index in [1.807, 2.05) is 18.2 Å². The first-order valence-corrected chi connectivity index (χ1v) is 10.1. The van der Waals surface area contributed by atoms with Gasteiger partial charge in [-0.15, -0.1) is 0 Å². The number of benzene rings is 1. The van der Waals surface area contributed by atoms with Gasteiger partial charge in [0.2, 0.25) is 0 Å². The number of ketones is 1. The van der Waals surface area contributed by atoms with Crippen molar-refractivity contribution >= 4 is 23.2 Å². The van der Waals surface area contributed by atoms with Crippen LogP contribution >= 0.6 is 0 Å². The molecule has 1 aliphatic heterocycles. The topological polar surface area (TPSA) is 98.0 Å². The van der Waals surface area contributed by atoms with Crippen molar-refractivity contribution < 1.29 is 9.59 Å². The van der Waals surface area contributed by atoms with Gasteiger partial charge in [-0.2, -0.15) is 5.10 Å². The highest BCUT2D eigenvalue weighted by Crippen LogP contribution is 2.26. The lowest BCUT2D eigenvalue weighted by Gasteiger charge is -2.22. The quantitative estimate of drug-likeness (QED) is 0.701. The van der Waals surface area contributed by atoms with E-state index < -0.39 is 11.5 Å². The highest BCUT2D eigenvalue weighted by molar-refractivity contribution is 6.07. The molecule has 0 saturated carbocycles. The molecule has 2 N–H and O–H groups in total. The van der Waals surface area contributed by atoms with Crippen LogP contribution in [0.3, 0.4) is 0 Å². The standard InChI is InChI=1S/C22H21N5O3/c28-19-9-4-8-18-15(19)12-16(22(30)27(18)14-6-2-1-3-7-14)21(29)25-17-13-24-26-11-5-10-23-20(17)26/h1-3,6-7,12-13,23H,4-5,8-11H2,(H,25,29). The fourth-order valence-electron chi connectivity index (χ4n) is 4.16. The Morgan fingerprint density at radius 2 is 1.93 bits per heavy atom. The minimum atomic E-state index is -0.547. The molecule has 1 aliphatic carbocycles. The number of nitrogens with one attached hydrogen (secondary N) is 2. The molecule has 30 heavy (non-hydrogen) atoms. The Hall–Kier alpha value is -3.68. The van der Waals surface area contributed by atoms with Gasteiger partial charge in [0.15, 0.2) is 5.78 Å². The zero-order valence-electron chi connectivity index (χ0n) is 16.4. The Morgan fingerprint density at radius 3 is 2.77 bits per heavy atom. The number of pyridine rings is 1. The van der Waals surface area contributed by atoms with Crippen molar-refractivity contribution in [2.45, 2.75) is 32.2 Å². The summed E-state index contributed by atoms with van der Waals surface area (Å²) in [5.74, 6) is 0.139. The van der Waals surface area contributed by atoms with Crippen LogP contribution in [0.4, 0.5) is 11.5 Å². The minimum Gasteiger partial charge on any atom is -0.368 e. The van der Waals surface area contributed by atoms with E-state index in [4.69, 9.17) is 0 Å². The number of fused-ring (bicyclic) bond motifs is 2. The van der Waals surface area contributed by atoms with Gasteiger partial charge < -0.3 is 10.6 Å². The van der Waals surface area contributed by atoms with Crippen LogP contribution in [0, 0.1) is 0 Å². The van der Waals surface area contributed by atoms with Crippen LogP contribution in [0.2, 0.25) is 0 Å². The number of hydrogen-bond acceptors (Lipinski definition) is 5. The summed E-state index contributed by atoms with van der Waals surface area (Å²) in [6.45, 7) is 1.56. The number of aryl methyl sites for hydroxylation is 1. The molecular formula is C22H21N5O3. The summed E-state index contributed by atoms with van der Waals surface area (Å²) in [4.78, 5) is 39.0. The molecule has 0 atom stereocenters. The van der Waals surface area contributed by atoms with Crippen molar-refractivity contribution in [1.82, 2.24) is 14.3 Å². The SMILES string of the molecule is O=C1CCCc2c1cc(C(=O)Nc1cnn3c1NCCC3)c(=O)n2-c1ccccc1. The van der Waals surface area contributed by atoms with E-state index in [1.165, 1.54) is 10.6 Å². The number of nitrogens with zero attached hydrogens (tertiary/aromatic N) is 3. The maximum Gasteiger partial charge on any atom is 0.268 e. The molecule has 3 aromatic rings. The summed E-state index contributed by atoms with van der Waals surface area (Å²) < 4.78 is 3.30. The predicted molar refractivity (Wildman–Crippen MR) is 113 cm³/mol. The van der Waals surface area contributed by atoms with Gasteiger partial charge >= 0.3 is 0 Å². The summed E-state index contributed by atoms with van der Waals surface area (Å²) in [7, 11) is 0. The highest BCUT2D eigenvalue weighted by atomic mass is 16.2. The van der Waals surface area contributed by atoms with E-state index in [1.54, 1.807) is 23.0 Å². The fraction of sp³-hybridized carbons (Fsp3) is 0.273. The Bertz CT molecular complexity index is 1210. The molecule has 8 heteroatoms. The van der Waals surface area contributed by atoms with Gasteiger partial charge in [0.05, 0.1) is 6.20 Å². The zero-order chi connectivity index (χ0) is 20.7. The Kier molecular flexibility index (Phi) is 4.46. The van der Waals surface area contributed by atoms with E-state index in [9.17, 15) is 14.4 Å². The van der Waals surface area contributed by atoms with Gasteiger partial charge in [-0.1, -0.05) is 18.2 Å². The van der Waals surface area contributed by atoms with Gasteiger partial charge in [-0.25, -0.2) is 4.68 Å². The first kappa shape index (κ1) is 18.4. The Labute approximate surface area is 172 Å². The molecule has 0 saturated heterocycles. The third-order valence-electron chi connectivity index (χ3n) is 5.61. The molecule has 5 rings (SSSR count). The fourth-order valence-corrected chi connectivity index (χ4v) is 4.16. The number of Topliss-reactive ketones (excluding diaryl/α,β-unsaturated/α-hetero) is 1. The molecular weight excluding hydrogens is 382 g/mol. The zero-order valence-corrected chi connectivity index (χ0v) is 16.4. The molecule has 1 amide bonds. The van der Waals surface area contributed by atoms with E-state index in [0.717, 1.165) is 25.3 Å². The maximum absolute atomic E-state index is 13.4. The van der Waals surface area contributed by atoms with Gasteiger partial charge in [0.1, 0.15) is 17.1 Å². The first-order chi connectivity index (χ1) is 14.6. The van der Waals surface area contributed by atoms with E-state index in [0.29, 0.717) is 41.9 Å². The molecule has 8 nitrogen and oxygen atoms in total. The second-order valence-electron chi connectivity index (χ2n) is 7.54. The molecule has 0 fully saturated rings. The minimum absolute atomic E-state index is 0.0421. The van der Waals surface area contributed by atoms with Crippen LogP contribution in [0.15, 0.2) is 47.4 Å². The van der Waals surface area contributed by atoms with Crippen LogP contribution in [-0.2, 0) is 13.0 Å². The smallest absolute Gasteiger partial charge is 0.268 e. The van der Waals surface area contributed by atoms with Crippen LogP contribution in [0.1, 0.15) is 45.7 Å². The lowest BCUT2D eigenvalue weighted by molar-refractivity contribution is 0.0971. The molecule has 0 bridgehead atoms. The summed E-state index contributed by atoms with van der Waals surface area (Å²) in [6, 6.07) is 10.6. The van der Waals surface area contributed by atoms with Crippen LogP contribution in [0.5, 0.6) is 0 Å². The maximum atomic E-state index is 13.4. The van der Waals surface area contributed by atoms with Gasteiger partial charge in [-0.3, -0.25) is 19.0 Å². The van der Waals surface area contributed by atoms with Crippen molar-refractivity contribution in [3.05, 3.63) is 69.8 Å². The summed E-state index contributed by atoms with van der Waals surface area (Å²) in [5, 5.41) is 10.3. The molecule has 0 radical (unpaired) electrons. The van der Waals surface area contributed by atoms with Gasteiger partial charge in [-0.05, 0) is 37.5 Å². The number of aromatic nitrogens is 3. The summed E-state index contributed by atoms with van der Waals surface area (Å²) >= 11 is 0. The third kappa shape index (κ3) is 3.01. The van der Waals surface area contributed by atoms with Gasteiger partial charge in [0.25, 0.3) is 11.5 Å². The van der Waals surface area contributed by atoms with Gasteiger partial charge in [0, 0.05) is 36.5 Å².